The topological polar surface area (TPSA) is 88.7 Å². The number of thiocarbonyl (C=S) groups is 1. The van der Waals surface area contributed by atoms with E-state index in [0.717, 1.165) is 19.3 Å². The molecular formula is C24H31N3O4S. The second-order valence-corrected chi connectivity index (χ2v) is 7.55. The number of carbonyl (C=O) groups is 2. The van der Waals surface area contributed by atoms with Crippen LogP contribution in [0, 0.1) is 0 Å². The Morgan fingerprint density at radius 2 is 1.69 bits per heavy atom. The number of hydrogen-bond acceptors (Lipinski definition) is 5. The van der Waals surface area contributed by atoms with E-state index in [4.69, 9.17) is 21.7 Å². The molecule has 0 aliphatic carbocycles. The van der Waals surface area contributed by atoms with Gasteiger partial charge >= 0.3 is 0 Å². The van der Waals surface area contributed by atoms with Crippen molar-refractivity contribution >= 4 is 34.8 Å². The van der Waals surface area contributed by atoms with Crippen molar-refractivity contribution in [2.24, 2.45) is 0 Å². The molecule has 0 aliphatic heterocycles. The van der Waals surface area contributed by atoms with Crippen molar-refractivity contribution in [3.8, 4) is 5.75 Å². The number of unbranched alkanes of at least 4 members (excludes halogenated alkanes) is 3. The molecule has 32 heavy (non-hydrogen) atoms. The highest BCUT2D eigenvalue weighted by atomic mass is 32.1. The quantitative estimate of drug-likeness (QED) is 0.328. The van der Waals surface area contributed by atoms with Gasteiger partial charge < -0.3 is 20.1 Å². The summed E-state index contributed by atoms with van der Waals surface area (Å²) >= 11 is 5.27. The summed E-state index contributed by atoms with van der Waals surface area (Å²) in [4.78, 5) is 24.7. The Morgan fingerprint density at radius 3 is 2.41 bits per heavy atom. The first-order chi connectivity index (χ1) is 15.5. The molecule has 0 aromatic heterocycles. The molecule has 2 rings (SSSR count). The third-order valence-electron chi connectivity index (χ3n) is 4.61. The number of carbonyl (C=O) groups excluding carboxylic acids is 2. The van der Waals surface area contributed by atoms with Crippen LogP contribution in [0.1, 0.15) is 53.3 Å². The normalized spacial score (nSPS) is 10.3. The summed E-state index contributed by atoms with van der Waals surface area (Å²) in [6.45, 7) is 3.62. The summed E-state index contributed by atoms with van der Waals surface area (Å²) in [5, 5.41) is 8.54. The molecule has 0 atom stereocenters. The highest BCUT2D eigenvalue weighted by molar-refractivity contribution is 7.80. The fraction of sp³-hybridized carbons (Fsp3) is 0.375. The Hall–Kier alpha value is -2.97. The largest absolute Gasteiger partial charge is 0.493 e. The standard InChI is InChI=1S/C24H31N3O4S/c1-3-4-5-8-16-31-21-10-7-6-9-20(21)23(29)27-24(32)26-19-13-11-18(12-14-19)22(28)25-15-17-30-2/h6-7,9-14H,3-5,8,15-17H2,1-2H3,(H,25,28)(H2,26,27,29,32). The third kappa shape index (κ3) is 8.64. The molecule has 0 saturated heterocycles. The van der Waals surface area contributed by atoms with E-state index in [2.05, 4.69) is 22.9 Å². The van der Waals surface area contributed by atoms with Crippen LogP contribution in [0.4, 0.5) is 5.69 Å². The van der Waals surface area contributed by atoms with Crippen LogP contribution >= 0.6 is 12.2 Å². The van der Waals surface area contributed by atoms with E-state index in [1.165, 1.54) is 6.42 Å². The summed E-state index contributed by atoms with van der Waals surface area (Å²) < 4.78 is 10.7. The second kappa shape index (κ2) is 14.2. The van der Waals surface area contributed by atoms with Crippen LogP contribution in [-0.4, -0.2) is 43.8 Å². The van der Waals surface area contributed by atoms with Crippen molar-refractivity contribution in [1.82, 2.24) is 10.6 Å². The second-order valence-electron chi connectivity index (χ2n) is 7.14. The lowest BCUT2D eigenvalue weighted by atomic mass is 10.2. The summed E-state index contributed by atoms with van der Waals surface area (Å²) in [5.41, 5.74) is 1.60. The van der Waals surface area contributed by atoms with Gasteiger partial charge in [-0.3, -0.25) is 14.9 Å². The van der Waals surface area contributed by atoms with E-state index in [1.54, 1.807) is 49.6 Å². The molecular weight excluding hydrogens is 426 g/mol. The monoisotopic (exact) mass is 457 g/mol. The molecule has 0 radical (unpaired) electrons. The maximum absolute atomic E-state index is 12.7. The van der Waals surface area contributed by atoms with Crippen molar-refractivity contribution in [1.29, 1.82) is 0 Å². The number of benzene rings is 2. The van der Waals surface area contributed by atoms with Gasteiger partial charge in [-0.05, 0) is 55.0 Å². The van der Waals surface area contributed by atoms with Crippen LogP contribution in [0.5, 0.6) is 5.75 Å². The number of ether oxygens (including phenoxy) is 2. The van der Waals surface area contributed by atoms with Crippen LogP contribution < -0.4 is 20.7 Å². The fourth-order valence-electron chi connectivity index (χ4n) is 2.90. The molecule has 0 unspecified atom stereocenters. The highest BCUT2D eigenvalue weighted by Crippen LogP contribution is 2.18. The fourth-order valence-corrected chi connectivity index (χ4v) is 3.11. The third-order valence-corrected chi connectivity index (χ3v) is 4.82. The van der Waals surface area contributed by atoms with Gasteiger partial charge in [-0.15, -0.1) is 0 Å². The Kier molecular flexibility index (Phi) is 11.2. The van der Waals surface area contributed by atoms with Crippen molar-refractivity contribution in [3.63, 3.8) is 0 Å². The zero-order valence-electron chi connectivity index (χ0n) is 18.6. The van der Waals surface area contributed by atoms with E-state index in [1.807, 2.05) is 6.07 Å². The van der Waals surface area contributed by atoms with Gasteiger partial charge in [0.2, 0.25) is 0 Å². The van der Waals surface area contributed by atoms with Gasteiger partial charge in [0.05, 0.1) is 18.8 Å². The van der Waals surface area contributed by atoms with Crippen LogP contribution in [0.2, 0.25) is 0 Å². The summed E-state index contributed by atoms with van der Waals surface area (Å²) in [6.07, 6.45) is 4.38. The van der Waals surface area contributed by atoms with E-state index in [0.29, 0.717) is 42.3 Å². The van der Waals surface area contributed by atoms with Gasteiger partial charge in [0.1, 0.15) is 5.75 Å². The average Bonchev–Trinajstić information content (AvgIpc) is 2.79. The number of rotatable bonds is 12. The maximum Gasteiger partial charge on any atom is 0.261 e. The van der Waals surface area contributed by atoms with E-state index in [9.17, 15) is 9.59 Å². The van der Waals surface area contributed by atoms with Gasteiger partial charge in [0.15, 0.2) is 5.11 Å². The van der Waals surface area contributed by atoms with Crippen molar-refractivity contribution < 1.29 is 19.1 Å². The number of para-hydroxylation sites is 1. The van der Waals surface area contributed by atoms with E-state index >= 15 is 0 Å². The summed E-state index contributed by atoms with van der Waals surface area (Å²) in [5.74, 6) is 0.00437. The lowest BCUT2D eigenvalue weighted by molar-refractivity contribution is 0.0935. The smallest absolute Gasteiger partial charge is 0.261 e. The first-order valence-electron chi connectivity index (χ1n) is 10.8. The molecule has 0 saturated carbocycles. The molecule has 0 heterocycles. The summed E-state index contributed by atoms with van der Waals surface area (Å²) in [6, 6.07) is 13.9. The molecule has 172 valence electrons. The number of anilines is 1. The molecule has 3 N–H and O–H groups in total. The molecule has 2 aromatic carbocycles. The highest BCUT2D eigenvalue weighted by Gasteiger charge is 2.14. The lowest BCUT2D eigenvalue weighted by Crippen LogP contribution is -2.34. The number of methoxy groups -OCH3 is 1. The predicted molar refractivity (Wildman–Crippen MR) is 130 cm³/mol. The van der Waals surface area contributed by atoms with Crippen molar-refractivity contribution in [3.05, 3.63) is 59.7 Å². The molecule has 0 fully saturated rings. The van der Waals surface area contributed by atoms with Gasteiger partial charge in [0.25, 0.3) is 11.8 Å². The maximum atomic E-state index is 12.7. The minimum Gasteiger partial charge on any atom is -0.493 e. The number of amides is 2. The predicted octanol–water partition coefficient (Wildman–Crippen LogP) is 4.15. The van der Waals surface area contributed by atoms with Crippen molar-refractivity contribution in [2.45, 2.75) is 32.6 Å². The number of hydrogen-bond donors (Lipinski definition) is 3. The number of nitrogens with one attached hydrogen (secondary N) is 3. The minimum absolute atomic E-state index is 0.157. The van der Waals surface area contributed by atoms with Crippen LogP contribution in [0.3, 0.4) is 0 Å². The Labute approximate surface area is 194 Å². The van der Waals surface area contributed by atoms with E-state index < -0.39 is 0 Å². The Balaban J connectivity index is 1.88. The Morgan fingerprint density at radius 1 is 0.938 bits per heavy atom. The molecule has 2 amide bonds. The summed E-state index contributed by atoms with van der Waals surface area (Å²) in [7, 11) is 1.58. The van der Waals surface area contributed by atoms with Crippen LogP contribution in [0.15, 0.2) is 48.5 Å². The van der Waals surface area contributed by atoms with Gasteiger partial charge in [0, 0.05) is 24.9 Å². The molecule has 7 nitrogen and oxygen atoms in total. The molecule has 0 bridgehead atoms. The molecule has 2 aromatic rings. The Bertz CT molecular complexity index is 887. The molecule has 8 heteroatoms. The lowest BCUT2D eigenvalue weighted by Gasteiger charge is -2.13. The zero-order valence-corrected chi connectivity index (χ0v) is 19.4. The van der Waals surface area contributed by atoms with Crippen molar-refractivity contribution in [2.75, 3.05) is 32.2 Å². The average molecular weight is 458 g/mol. The van der Waals surface area contributed by atoms with E-state index in [-0.39, 0.29) is 16.9 Å². The van der Waals surface area contributed by atoms with Gasteiger partial charge in [-0.25, -0.2) is 0 Å². The molecule has 0 spiro atoms. The zero-order chi connectivity index (χ0) is 23.2. The van der Waals surface area contributed by atoms with Gasteiger partial charge in [-0.2, -0.15) is 0 Å². The van der Waals surface area contributed by atoms with Crippen LogP contribution in [-0.2, 0) is 4.74 Å². The first-order valence-corrected chi connectivity index (χ1v) is 11.2. The van der Waals surface area contributed by atoms with Gasteiger partial charge in [-0.1, -0.05) is 38.3 Å². The van der Waals surface area contributed by atoms with Crippen LogP contribution in [0.25, 0.3) is 0 Å². The SMILES string of the molecule is CCCCCCOc1ccccc1C(=O)NC(=S)Nc1ccc(C(=O)NCCOC)cc1. The molecule has 0 aliphatic rings. The minimum atomic E-state index is -0.346. The first kappa shape index (κ1) is 25.3.